The molecule has 0 unspecified atom stereocenters. The molecule has 0 aliphatic carbocycles. The topological polar surface area (TPSA) is 52.3 Å². The van der Waals surface area contributed by atoms with Gasteiger partial charge in [-0.2, -0.15) is 22.8 Å². The van der Waals surface area contributed by atoms with Crippen molar-refractivity contribution in [1.29, 1.82) is 0 Å². The molecule has 1 aromatic carbocycles. The Morgan fingerprint density at radius 2 is 1.60 bits per heavy atom. The third kappa shape index (κ3) is 3.49. The summed E-state index contributed by atoms with van der Waals surface area (Å²) in [4.78, 5) is 0. The number of fused-ring (bicyclic) bond motifs is 1. The van der Waals surface area contributed by atoms with Crippen molar-refractivity contribution in [2.75, 3.05) is 0 Å². The SMILES string of the molecule is Cc1cc2nnc(C(F)(F)F)n2nc1-c1ccc(OC(F)(F)F)cc1. The lowest BCUT2D eigenvalue weighted by Gasteiger charge is -2.10. The average molecular weight is 362 g/mol. The molecule has 132 valence electrons. The molecule has 3 rings (SSSR count). The Morgan fingerprint density at radius 3 is 2.16 bits per heavy atom. The predicted octanol–water partition coefficient (Wildman–Crippen LogP) is 4.02. The van der Waals surface area contributed by atoms with Gasteiger partial charge in [0.15, 0.2) is 5.65 Å². The highest BCUT2D eigenvalue weighted by Crippen LogP contribution is 2.30. The molecule has 25 heavy (non-hydrogen) atoms. The molecular weight excluding hydrogens is 354 g/mol. The zero-order valence-electron chi connectivity index (χ0n) is 12.4. The molecule has 0 N–H and O–H groups in total. The van der Waals surface area contributed by atoms with Gasteiger partial charge >= 0.3 is 12.5 Å². The molecule has 2 heterocycles. The van der Waals surface area contributed by atoms with E-state index < -0.39 is 24.1 Å². The van der Waals surface area contributed by atoms with E-state index in [9.17, 15) is 26.3 Å². The van der Waals surface area contributed by atoms with Crippen LogP contribution in [0.2, 0.25) is 0 Å². The molecule has 0 bridgehead atoms. The van der Waals surface area contributed by atoms with Gasteiger partial charge in [-0.3, -0.25) is 0 Å². The van der Waals surface area contributed by atoms with Gasteiger partial charge in [0.1, 0.15) is 5.75 Å². The number of rotatable bonds is 2. The Morgan fingerprint density at radius 1 is 0.960 bits per heavy atom. The van der Waals surface area contributed by atoms with Crippen molar-refractivity contribution in [3.8, 4) is 17.0 Å². The molecule has 0 spiro atoms. The van der Waals surface area contributed by atoms with Crippen molar-refractivity contribution in [1.82, 2.24) is 19.8 Å². The van der Waals surface area contributed by atoms with Gasteiger partial charge in [0.2, 0.25) is 0 Å². The lowest BCUT2D eigenvalue weighted by Crippen LogP contribution is -2.17. The summed E-state index contributed by atoms with van der Waals surface area (Å²) in [5.74, 6) is -1.74. The van der Waals surface area contributed by atoms with Gasteiger partial charge in [-0.05, 0) is 42.8 Å². The lowest BCUT2D eigenvalue weighted by molar-refractivity contribution is -0.274. The van der Waals surface area contributed by atoms with Crippen LogP contribution in [0.4, 0.5) is 26.3 Å². The molecule has 0 aliphatic rings. The molecule has 11 heteroatoms. The van der Waals surface area contributed by atoms with Crippen LogP contribution in [0.25, 0.3) is 16.9 Å². The summed E-state index contributed by atoms with van der Waals surface area (Å²) in [7, 11) is 0. The number of nitrogens with zero attached hydrogens (tertiary/aromatic N) is 4. The lowest BCUT2D eigenvalue weighted by atomic mass is 10.1. The maximum absolute atomic E-state index is 12.9. The van der Waals surface area contributed by atoms with E-state index in [4.69, 9.17) is 0 Å². The van der Waals surface area contributed by atoms with Crippen molar-refractivity contribution in [2.45, 2.75) is 19.5 Å². The molecule has 0 aliphatic heterocycles. The zero-order valence-corrected chi connectivity index (χ0v) is 12.4. The highest BCUT2D eigenvalue weighted by atomic mass is 19.4. The van der Waals surface area contributed by atoms with Crippen LogP contribution < -0.4 is 4.74 Å². The zero-order chi connectivity index (χ0) is 18.4. The Kier molecular flexibility index (Phi) is 3.81. The number of aromatic nitrogens is 4. The molecule has 0 saturated heterocycles. The van der Waals surface area contributed by atoms with Crippen LogP contribution in [0, 0.1) is 6.92 Å². The largest absolute Gasteiger partial charge is 0.573 e. The second-order valence-corrected chi connectivity index (χ2v) is 5.04. The van der Waals surface area contributed by atoms with Crippen molar-refractivity contribution < 1.29 is 31.1 Å². The van der Waals surface area contributed by atoms with Gasteiger partial charge in [-0.15, -0.1) is 23.4 Å². The first kappa shape index (κ1) is 17.0. The van der Waals surface area contributed by atoms with Gasteiger partial charge in [-0.25, -0.2) is 0 Å². The third-order valence-corrected chi connectivity index (χ3v) is 3.20. The smallest absolute Gasteiger partial charge is 0.406 e. The third-order valence-electron chi connectivity index (χ3n) is 3.20. The monoisotopic (exact) mass is 362 g/mol. The first-order valence-electron chi connectivity index (χ1n) is 6.71. The fraction of sp³-hybridized carbons (Fsp3) is 0.214. The van der Waals surface area contributed by atoms with Crippen LogP contribution in [-0.2, 0) is 6.18 Å². The number of hydrogen-bond donors (Lipinski definition) is 0. The molecule has 0 saturated carbocycles. The number of benzene rings is 1. The Labute approximate surface area is 135 Å². The van der Waals surface area contributed by atoms with Gasteiger partial charge in [0, 0.05) is 5.56 Å². The van der Waals surface area contributed by atoms with E-state index in [2.05, 4.69) is 20.0 Å². The Bertz CT molecular complexity index is 914. The quantitative estimate of drug-likeness (QED) is 0.647. The van der Waals surface area contributed by atoms with Crippen molar-refractivity contribution in [3.05, 3.63) is 41.7 Å². The number of aryl methyl sites for hydroxylation is 1. The van der Waals surface area contributed by atoms with Gasteiger partial charge in [0.05, 0.1) is 5.69 Å². The second-order valence-electron chi connectivity index (χ2n) is 5.04. The first-order valence-corrected chi connectivity index (χ1v) is 6.71. The van der Waals surface area contributed by atoms with Crippen molar-refractivity contribution in [2.24, 2.45) is 0 Å². The molecule has 5 nitrogen and oxygen atoms in total. The van der Waals surface area contributed by atoms with Crippen LogP contribution in [-0.4, -0.2) is 26.2 Å². The van der Waals surface area contributed by atoms with Crippen molar-refractivity contribution in [3.63, 3.8) is 0 Å². The molecule has 0 radical (unpaired) electrons. The fourth-order valence-corrected chi connectivity index (χ4v) is 2.20. The van der Waals surface area contributed by atoms with Gasteiger partial charge in [0.25, 0.3) is 5.82 Å². The number of ether oxygens (including phenoxy) is 1. The van der Waals surface area contributed by atoms with Crippen LogP contribution in [0.5, 0.6) is 5.75 Å². The number of alkyl halides is 6. The summed E-state index contributed by atoms with van der Waals surface area (Å²) in [5, 5.41) is 10.4. The molecule has 0 fully saturated rings. The summed E-state index contributed by atoms with van der Waals surface area (Å²) in [6.07, 6.45) is -9.58. The van der Waals surface area contributed by atoms with Crippen LogP contribution in [0.1, 0.15) is 11.4 Å². The minimum Gasteiger partial charge on any atom is -0.406 e. The highest BCUT2D eigenvalue weighted by Gasteiger charge is 2.38. The van der Waals surface area contributed by atoms with E-state index in [0.29, 0.717) is 15.6 Å². The molecule has 2 aromatic heterocycles. The summed E-state index contributed by atoms with van der Waals surface area (Å²) in [5.41, 5.74) is 0.857. The summed E-state index contributed by atoms with van der Waals surface area (Å²) in [6.45, 7) is 1.59. The molecular formula is C14H8F6N4O. The maximum atomic E-state index is 12.9. The normalized spacial score (nSPS) is 12.6. The maximum Gasteiger partial charge on any atom is 0.573 e. The van der Waals surface area contributed by atoms with Gasteiger partial charge in [-0.1, -0.05) is 0 Å². The predicted molar refractivity (Wildman–Crippen MR) is 72.6 cm³/mol. The summed E-state index contributed by atoms with van der Waals surface area (Å²) < 4.78 is 79.5. The standard InChI is InChI=1S/C14H8F6N4O/c1-7-6-10-21-22-12(13(15,16)17)24(10)23-11(7)8-2-4-9(5-3-8)25-14(18,19)20/h2-6H,1H3. The molecule has 0 atom stereocenters. The molecule has 3 aromatic rings. The minimum absolute atomic E-state index is 0.0920. The summed E-state index contributed by atoms with van der Waals surface area (Å²) >= 11 is 0. The van der Waals surface area contributed by atoms with E-state index in [1.807, 2.05) is 0 Å². The van der Waals surface area contributed by atoms with E-state index >= 15 is 0 Å². The molecule has 0 amide bonds. The van der Waals surface area contributed by atoms with Gasteiger partial charge < -0.3 is 4.74 Å². The van der Waals surface area contributed by atoms with Crippen LogP contribution in [0.15, 0.2) is 30.3 Å². The number of halogens is 6. The average Bonchev–Trinajstić information content (AvgIpc) is 2.88. The number of hydrogen-bond acceptors (Lipinski definition) is 4. The first-order chi connectivity index (χ1) is 11.5. The Balaban J connectivity index is 2.04. The highest BCUT2D eigenvalue weighted by molar-refractivity contribution is 5.65. The van der Waals surface area contributed by atoms with Crippen LogP contribution in [0.3, 0.4) is 0 Å². The van der Waals surface area contributed by atoms with E-state index in [1.165, 1.54) is 18.2 Å². The van der Waals surface area contributed by atoms with Crippen molar-refractivity contribution >= 4 is 5.65 Å². The van der Waals surface area contributed by atoms with E-state index in [-0.39, 0.29) is 11.3 Å². The summed E-state index contributed by atoms with van der Waals surface area (Å²) in [6, 6.07) is 5.97. The minimum atomic E-state index is -4.83. The van der Waals surface area contributed by atoms with Crippen LogP contribution >= 0.6 is 0 Å². The fourth-order valence-electron chi connectivity index (χ4n) is 2.20. The van der Waals surface area contributed by atoms with E-state index in [0.717, 1.165) is 12.1 Å². The Hall–Kier alpha value is -2.85. The second kappa shape index (κ2) is 5.60. The van der Waals surface area contributed by atoms with E-state index in [1.54, 1.807) is 6.92 Å².